The first-order valence-corrected chi connectivity index (χ1v) is 7.58. The van der Waals surface area contributed by atoms with Gasteiger partial charge in [0.2, 0.25) is 5.65 Å². The topological polar surface area (TPSA) is 94.6 Å². The summed E-state index contributed by atoms with van der Waals surface area (Å²) in [6.45, 7) is 3.02. The zero-order valence-corrected chi connectivity index (χ0v) is 13.1. The van der Waals surface area contributed by atoms with Gasteiger partial charge in [0, 0.05) is 19.2 Å². The van der Waals surface area contributed by atoms with Gasteiger partial charge in [0.25, 0.3) is 0 Å². The molecule has 0 saturated heterocycles. The third kappa shape index (κ3) is 3.33. The first-order chi connectivity index (χ1) is 11.7. The molecule has 1 atom stereocenters. The number of nitrogens with one attached hydrogen (secondary N) is 1. The molecule has 2 heterocycles. The van der Waals surface area contributed by atoms with Gasteiger partial charge in [-0.2, -0.15) is 0 Å². The summed E-state index contributed by atoms with van der Waals surface area (Å²) in [4.78, 5) is 14.4. The number of anilines is 1. The molecule has 1 aromatic carbocycles. The molecule has 3 rings (SSSR count). The summed E-state index contributed by atoms with van der Waals surface area (Å²) in [5.41, 5.74) is 1.48. The fourth-order valence-electron chi connectivity index (χ4n) is 2.42. The van der Waals surface area contributed by atoms with Crippen LogP contribution in [0.5, 0.6) is 0 Å². The highest BCUT2D eigenvalue weighted by Gasteiger charge is 2.17. The Balaban J connectivity index is 1.78. The number of fused-ring (bicyclic) bond motifs is 1. The molecule has 0 aliphatic rings. The number of nitrogens with zero attached hydrogens (tertiary/aromatic N) is 4. The summed E-state index contributed by atoms with van der Waals surface area (Å²) in [6.07, 6.45) is 1.06. The average molecular weight is 327 g/mol. The molecular weight excluding hydrogens is 310 g/mol. The summed E-state index contributed by atoms with van der Waals surface area (Å²) in [5.74, 6) is 0.349. The van der Waals surface area contributed by atoms with Gasteiger partial charge in [-0.3, -0.25) is 0 Å². The third-order valence-corrected chi connectivity index (χ3v) is 3.54. The van der Waals surface area contributed by atoms with E-state index in [0.717, 1.165) is 5.56 Å². The molecule has 124 valence electrons. The van der Waals surface area contributed by atoms with Crippen LogP contribution in [0.15, 0.2) is 48.7 Å². The van der Waals surface area contributed by atoms with E-state index in [1.165, 1.54) is 10.7 Å². The molecule has 0 spiro atoms. The lowest BCUT2D eigenvalue weighted by Crippen LogP contribution is -2.17. The lowest BCUT2D eigenvalue weighted by molar-refractivity contribution is -0.391. The molecule has 1 unspecified atom stereocenters. The fraction of sp³-hybridized carbons (Fsp3) is 0.250. The number of imidazole rings is 1. The van der Waals surface area contributed by atoms with E-state index < -0.39 is 4.92 Å². The molecule has 0 bridgehead atoms. The van der Waals surface area contributed by atoms with Crippen LogP contribution in [0.1, 0.15) is 18.6 Å². The van der Waals surface area contributed by atoms with Gasteiger partial charge in [-0.25, -0.2) is 4.98 Å². The first kappa shape index (κ1) is 15.9. The zero-order valence-electron chi connectivity index (χ0n) is 13.1. The Morgan fingerprint density at radius 1 is 1.29 bits per heavy atom. The van der Waals surface area contributed by atoms with Crippen molar-refractivity contribution in [3.05, 3.63) is 64.3 Å². The normalized spacial score (nSPS) is 12.2. The summed E-state index contributed by atoms with van der Waals surface area (Å²) >= 11 is 0. The maximum absolute atomic E-state index is 11.0. The molecule has 0 aliphatic carbocycles. The van der Waals surface area contributed by atoms with Gasteiger partial charge >= 0.3 is 5.82 Å². The van der Waals surface area contributed by atoms with Crippen LogP contribution in [-0.4, -0.2) is 32.7 Å². The Labute approximate surface area is 138 Å². The van der Waals surface area contributed by atoms with Gasteiger partial charge < -0.3 is 20.2 Å². The molecule has 0 saturated carbocycles. The second-order valence-electron chi connectivity index (χ2n) is 5.10. The minimum atomic E-state index is -0.510. The number of rotatable bonds is 7. The summed E-state index contributed by atoms with van der Waals surface area (Å²) in [5, 5.41) is 18.4. The molecule has 24 heavy (non-hydrogen) atoms. The molecular formula is C16H17N5O3. The van der Waals surface area contributed by atoms with E-state index in [2.05, 4.69) is 15.4 Å². The van der Waals surface area contributed by atoms with E-state index in [-0.39, 0.29) is 11.9 Å². The standard InChI is InChI=1S/C16H17N5O3/c1-2-24-13(12-6-4-3-5-7-12)10-17-14-8-9-15-18-11-16(21(22)23)20(15)19-14/h3-9,11,13H,2,10H2,1H3,(H,17,19). The molecule has 8 nitrogen and oxygen atoms in total. The van der Waals surface area contributed by atoms with E-state index >= 15 is 0 Å². The molecule has 3 aromatic rings. The van der Waals surface area contributed by atoms with Crippen molar-refractivity contribution in [1.82, 2.24) is 14.6 Å². The number of nitro groups is 1. The van der Waals surface area contributed by atoms with E-state index in [1.807, 2.05) is 37.3 Å². The second-order valence-corrected chi connectivity index (χ2v) is 5.10. The van der Waals surface area contributed by atoms with Gasteiger partial charge in [-0.05, 0) is 23.5 Å². The van der Waals surface area contributed by atoms with Crippen molar-refractivity contribution in [1.29, 1.82) is 0 Å². The Morgan fingerprint density at radius 3 is 2.79 bits per heavy atom. The largest absolute Gasteiger partial charge is 0.372 e. The van der Waals surface area contributed by atoms with Crippen molar-refractivity contribution in [2.45, 2.75) is 13.0 Å². The van der Waals surface area contributed by atoms with Gasteiger partial charge in [0.1, 0.15) is 6.20 Å². The number of hydrogen-bond acceptors (Lipinski definition) is 6. The molecule has 2 aromatic heterocycles. The van der Waals surface area contributed by atoms with E-state index in [0.29, 0.717) is 24.6 Å². The SMILES string of the molecule is CCOC(CNc1ccc2ncc([N+](=O)[O-])n2n1)c1ccccc1. The number of benzene rings is 1. The van der Waals surface area contributed by atoms with Crippen LogP contribution in [0.25, 0.3) is 5.65 Å². The van der Waals surface area contributed by atoms with Crippen molar-refractivity contribution in [2.75, 3.05) is 18.5 Å². The minimum Gasteiger partial charge on any atom is -0.372 e. The van der Waals surface area contributed by atoms with Gasteiger partial charge in [0.15, 0.2) is 5.82 Å². The van der Waals surface area contributed by atoms with Crippen molar-refractivity contribution < 1.29 is 9.66 Å². The third-order valence-electron chi connectivity index (χ3n) is 3.54. The van der Waals surface area contributed by atoms with Gasteiger partial charge in [-0.15, -0.1) is 0 Å². The molecule has 0 fully saturated rings. The Kier molecular flexibility index (Phi) is 4.66. The maximum Gasteiger partial charge on any atom is 0.368 e. The van der Waals surface area contributed by atoms with E-state index in [1.54, 1.807) is 12.1 Å². The zero-order chi connectivity index (χ0) is 16.9. The quantitative estimate of drug-likeness (QED) is 0.529. The molecule has 0 amide bonds. The summed E-state index contributed by atoms with van der Waals surface area (Å²) in [7, 11) is 0. The summed E-state index contributed by atoms with van der Waals surface area (Å²) in [6, 6.07) is 13.3. The lowest BCUT2D eigenvalue weighted by atomic mass is 10.1. The van der Waals surface area contributed by atoms with Gasteiger partial charge in [-0.1, -0.05) is 39.9 Å². The number of aromatic nitrogens is 3. The molecule has 1 N–H and O–H groups in total. The van der Waals surface area contributed by atoms with Crippen LogP contribution in [-0.2, 0) is 4.74 Å². The van der Waals surface area contributed by atoms with Gasteiger partial charge in [0.05, 0.1) is 6.10 Å². The van der Waals surface area contributed by atoms with Crippen molar-refractivity contribution in [3.8, 4) is 0 Å². The first-order valence-electron chi connectivity index (χ1n) is 7.58. The van der Waals surface area contributed by atoms with Crippen LogP contribution in [0.2, 0.25) is 0 Å². The Hall–Kier alpha value is -3.00. The Morgan fingerprint density at radius 2 is 2.08 bits per heavy atom. The number of ether oxygens (including phenoxy) is 1. The second kappa shape index (κ2) is 7.05. The van der Waals surface area contributed by atoms with Crippen LogP contribution in [0.4, 0.5) is 11.6 Å². The van der Waals surface area contributed by atoms with E-state index in [4.69, 9.17) is 4.74 Å². The lowest BCUT2D eigenvalue weighted by Gasteiger charge is -2.18. The van der Waals surface area contributed by atoms with Crippen LogP contribution < -0.4 is 5.32 Å². The number of hydrogen-bond donors (Lipinski definition) is 1. The monoisotopic (exact) mass is 327 g/mol. The van der Waals surface area contributed by atoms with Crippen molar-refractivity contribution in [2.24, 2.45) is 0 Å². The minimum absolute atomic E-state index is 0.133. The highest BCUT2D eigenvalue weighted by Crippen LogP contribution is 2.19. The van der Waals surface area contributed by atoms with Crippen molar-refractivity contribution in [3.63, 3.8) is 0 Å². The molecule has 0 radical (unpaired) electrons. The van der Waals surface area contributed by atoms with Crippen LogP contribution in [0.3, 0.4) is 0 Å². The smallest absolute Gasteiger partial charge is 0.368 e. The van der Waals surface area contributed by atoms with E-state index in [9.17, 15) is 10.1 Å². The average Bonchev–Trinajstić information content (AvgIpc) is 3.03. The van der Waals surface area contributed by atoms with Crippen molar-refractivity contribution >= 4 is 17.3 Å². The summed E-state index contributed by atoms with van der Waals surface area (Å²) < 4.78 is 6.98. The Bertz CT molecular complexity index is 834. The predicted octanol–water partition coefficient (Wildman–Crippen LogP) is 2.83. The maximum atomic E-state index is 11.0. The fourth-order valence-corrected chi connectivity index (χ4v) is 2.42. The molecule has 0 aliphatic heterocycles. The predicted molar refractivity (Wildman–Crippen MR) is 88.9 cm³/mol. The highest BCUT2D eigenvalue weighted by atomic mass is 16.6. The van der Waals surface area contributed by atoms with Crippen LogP contribution in [0, 0.1) is 10.1 Å². The highest BCUT2D eigenvalue weighted by molar-refractivity contribution is 5.48. The van der Waals surface area contributed by atoms with Crippen LogP contribution >= 0.6 is 0 Å². The molecule has 8 heteroatoms.